The largest absolute Gasteiger partial charge is 0.351 e. The molecule has 0 saturated heterocycles. The summed E-state index contributed by atoms with van der Waals surface area (Å²) < 4.78 is 0. The maximum Gasteiger partial charge on any atom is 0.199 e. The monoisotopic (exact) mass is 463 g/mol. The Morgan fingerprint density at radius 1 is 0.576 bits per heavy atom. The first-order valence-electron chi connectivity index (χ1n) is 10.8. The highest BCUT2D eigenvalue weighted by atomic mass is 32.1. The van der Waals surface area contributed by atoms with E-state index < -0.39 is 6.89 Å². The van der Waals surface area contributed by atoms with Crippen LogP contribution in [0.2, 0.25) is 0 Å². The minimum atomic E-state index is -2.58. The normalized spacial score (nSPS) is 13.9. The van der Waals surface area contributed by atoms with E-state index in [0.717, 1.165) is 21.5 Å². The lowest BCUT2D eigenvalue weighted by Gasteiger charge is -2.34. The molecular formula is C29H22NOPS. The van der Waals surface area contributed by atoms with Gasteiger partial charge in [-0.3, -0.25) is 4.79 Å². The molecule has 4 heteroatoms. The van der Waals surface area contributed by atoms with E-state index in [2.05, 4.69) is 41.7 Å². The van der Waals surface area contributed by atoms with Crippen molar-refractivity contribution in [1.29, 1.82) is 0 Å². The number of hydrogen-bond acceptors (Lipinski definition) is 2. The molecule has 1 aliphatic rings. The van der Waals surface area contributed by atoms with E-state index >= 15 is 0 Å². The first-order valence-corrected chi connectivity index (χ1v) is 13.0. The lowest BCUT2D eigenvalue weighted by atomic mass is 9.99. The van der Waals surface area contributed by atoms with Crippen molar-refractivity contribution in [3.63, 3.8) is 0 Å². The summed E-state index contributed by atoms with van der Waals surface area (Å²) in [6, 6.07) is 40.7. The van der Waals surface area contributed by atoms with Crippen molar-refractivity contribution in [2.75, 3.05) is 0 Å². The second-order valence-corrected chi connectivity index (χ2v) is 11.5. The van der Waals surface area contributed by atoms with Crippen LogP contribution in [0, 0.1) is 0 Å². The number of nitrogens with one attached hydrogen (secondary N) is 1. The molecule has 1 N–H and O–H groups in total. The lowest BCUT2D eigenvalue weighted by molar-refractivity contribution is -0.107. The smallest absolute Gasteiger partial charge is 0.199 e. The summed E-state index contributed by atoms with van der Waals surface area (Å²) in [7, 11) is 0. The minimum absolute atomic E-state index is 0.0187. The van der Waals surface area contributed by atoms with Crippen LogP contribution in [-0.2, 0) is 4.79 Å². The van der Waals surface area contributed by atoms with Gasteiger partial charge in [0.1, 0.15) is 4.99 Å². The van der Waals surface area contributed by atoms with Crippen molar-refractivity contribution in [3.05, 3.63) is 133 Å². The van der Waals surface area contributed by atoms with Crippen molar-refractivity contribution in [2.45, 2.75) is 0 Å². The zero-order valence-corrected chi connectivity index (χ0v) is 19.6. The van der Waals surface area contributed by atoms with Gasteiger partial charge in [-0.15, -0.1) is 0 Å². The van der Waals surface area contributed by atoms with Crippen molar-refractivity contribution >= 4 is 56.7 Å². The predicted molar refractivity (Wildman–Crippen MR) is 145 cm³/mol. The molecule has 0 fully saturated rings. The highest BCUT2D eigenvalue weighted by molar-refractivity contribution is 8.00. The zero-order valence-electron chi connectivity index (χ0n) is 17.9. The molecule has 0 aliphatic carbocycles. The van der Waals surface area contributed by atoms with Gasteiger partial charge in [0.15, 0.2) is 5.78 Å². The van der Waals surface area contributed by atoms with Gasteiger partial charge in [0.05, 0.1) is 5.29 Å². The SMILES string of the molecule is O=C1C(c2ccccc2)=CNC(=S)C1=P(c1ccccc1)(c1ccccc1)c1ccccc1. The number of Topliss-reactive ketones (excluding diaryl/α,β-unsaturated/α-hetero) is 1. The Labute approximate surface area is 199 Å². The maximum absolute atomic E-state index is 14.3. The molecule has 4 aromatic carbocycles. The molecule has 0 spiro atoms. The van der Waals surface area contributed by atoms with Gasteiger partial charge in [-0.25, -0.2) is 0 Å². The standard InChI is InChI=1S/C29H22NOPS/c31-27-26(22-13-5-1-6-14-22)21-30-29(33)28(27)32(23-15-7-2-8-16-23,24-17-9-3-10-18-24)25-19-11-4-12-20-25/h1-21H,(H,30,33). The first kappa shape index (κ1) is 21.3. The van der Waals surface area contributed by atoms with Crippen LogP contribution in [0.1, 0.15) is 5.56 Å². The van der Waals surface area contributed by atoms with E-state index in [0.29, 0.717) is 15.9 Å². The Bertz CT molecular complexity index is 1290. The van der Waals surface area contributed by atoms with Crippen LogP contribution in [0.25, 0.3) is 5.57 Å². The maximum atomic E-state index is 14.3. The van der Waals surface area contributed by atoms with Crippen molar-refractivity contribution in [2.24, 2.45) is 0 Å². The second-order valence-electron chi connectivity index (χ2n) is 7.75. The minimum Gasteiger partial charge on any atom is -0.351 e. The predicted octanol–water partition coefficient (Wildman–Crippen LogP) is 4.69. The van der Waals surface area contributed by atoms with E-state index in [-0.39, 0.29) is 5.78 Å². The van der Waals surface area contributed by atoms with E-state index in [1.807, 2.05) is 84.9 Å². The van der Waals surface area contributed by atoms with Crippen LogP contribution in [0.5, 0.6) is 0 Å². The molecule has 2 nitrogen and oxygen atoms in total. The molecule has 0 bridgehead atoms. The summed E-state index contributed by atoms with van der Waals surface area (Å²) in [5.41, 5.74) is 1.51. The fourth-order valence-corrected chi connectivity index (χ4v) is 9.31. The molecule has 0 aromatic heterocycles. The molecular weight excluding hydrogens is 441 g/mol. The molecule has 33 heavy (non-hydrogen) atoms. The number of thiocarbonyl (C=S) groups is 1. The molecule has 5 rings (SSSR count). The number of benzene rings is 4. The Morgan fingerprint density at radius 2 is 0.970 bits per heavy atom. The van der Waals surface area contributed by atoms with Gasteiger partial charge in [-0.05, 0) is 28.4 Å². The highest BCUT2D eigenvalue weighted by Crippen LogP contribution is 2.47. The van der Waals surface area contributed by atoms with E-state index in [4.69, 9.17) is 12.2 Å². The van der Waals surface area contributed by atoms with E-state index in [1.165, 1.54) is 0 Å². The Hall–Kier alpha value is -3.52. The van der Waals surface area contributed by atoms with Crippen molar-refractivity contribution < 1.29 is 4.79 Å². The quantitative estimate of drug-likeness (QED) is 0.352. The average molecular weight is 464 g/mol. The summed E-state index contributed by atoms with van der Waals surface area (Å²) in [5.74, 6) is -0.0187. The fourth-order valence-electron chi connectivity index (χ4n) is 4.43. The van der Waals surface area contributed by atoms with Gasteiger partial charge >= 0.3 is 0 Å². The first-order chi connectivity index (χ1) is 16.2. The van der Waals surface area contributed by atoms with Crippen LogP contribution in [0.4, 0.5) is 0 Å². The fraction of sp³-hybridized carbons (Fsp3) is 0. The summed E-state index contributed by atoms with van der Waals surface area (Å²) in [6.07, 6.45) is 1.75. The molecule has 1 heterocycles. The number of allylic oxidation sites excluding steroid dienone is 1. The zero-order chi connectivity index (χ0) is 22.7. The molecule has 0 radical (unpaired) electrons. The van der Waals surface area contributed by atoms with Crippen LogP contribution in [0.3, 0.4) is 0 Å². The molecule has 0 atom stereocenters. The van der Waals surface area contributed by atoms with E-state index in [9.17, 15) is 4.79 Å². The third-order valence-corrected chi connectivity index (χ3v) is 10.7. The second kappa shape index (κ2) is 9.15. The summed E-state index contributed by atoms with van der Waals surface area (Å²) in [4.78, 5) is 14.8. The highest BCUT2D eigenvalue weighted by Gasteiger charge is 2.37. The number of carbonyl (C=O) groups is 1. The van der Waals surface area contributed by atoms with Crippen LogP contribution < -0.4 is 21.2 Å². The summed E-state index contributed by atoms with van der Waals surface area (Å²) >= 11 is 5.87. The third-order valence-electron chi connectivity index (χ3n) is 5.87. The van der Waals surface area contributed by atoms with Gasteiger partial charge < -0.3 is 5.32 Å². The van der Waals surface area contributed by atoms with Crippen LogP contribution in [0.15, 0.2) is 128 Å². The Morgan fingerprint density at radius 3 is 1.39 bits per heavy atom. The van der Waals surface area contributed by atoms with Gasteiger partial charge in [0, 0.05) is 11.8 Å². The average Bonchev–Trinajstić information content (AvgIpc) is 2.89. The van der Waals surface area contributed by atoms with Gasteiger partial charge in [0.2, 0.25) is 0 Å². The summed E-state index contributed by atoms with van der Waals surface area (Å²) in [6.45, 7) is -2.58. The third kappa shape index (κ3) is 3.70. The Balaban J connectivity index is 1.95. The molecule has 4 aromatic rings. The van der Waals surface area contributed by atoms with Crippen molar-refractivity contribution in [3.8, 4) is 0 Å². The number of ketones is 1. The van der Waals surface area contributed by atoms with Gasteiger partial charge in [-0.2, -0.15) is 0 Å². The van der Waals surface area contributed by atoms with E-state index in [1.54, 1.807) is 6.20 Å². The van der Waals surface area contributed by atoms with Gasteiger partial charge in [0.25, 0.3) is 0 Å². The molecule has 1 aliphatic heterocycles. The molecule has 0 saturated carbocycles. The van der Waals surface area contributed by atoms with Crippen LogP contribution in [-0.4, -0.2) is 16.1 Å². The number of hydrogen-bond donors (Lipinski definition) is 1. The number of carbonyl (C=O) groups excluding carboxylic acids is 1. The Kier molecular flexibility index (Phi) is 5.92. The van der Waals surface area contributed by atoms with Crippen molar-refractivity contribution in [1.82, 2.24) is 5.32 Å². The molecule has 160 valence electrons. The number of rotatable bonds is 4. The summed E-state index contributed by atoms with van der Waals surface area (Å²) in [5, 5.41) is 7.24. The molecule has 0 amide bonds. The lowest BCUT2D eigenvalue weighted by Crippen LogP contribution is -2.43. The van der Waals surface area contributed by atoms with Crippen LogP contribution >= 0.6 is 19.1 Å². The topological polar surface area (TPSA) is 29.1 Å². The molecule has 0 unspecified atom stereocenters. The van der Waals surface area contributed by atoms with Gasteiger partial charge in [-0.1, -0.05) is 134 Å².